The highest BCUT2D eigenvalue weighted by Gasteiger charge is 2.25. The number of benzene rings is 1. The number of carbonyl (C=O) groups excluding carboxylic acids is 1. The van der Waals surface area contributed by atoms with Crippen molar-refractivity contribution in [2.24, 2.45) is 0 Å². The lowest BCUT2D eigenvalue weighted by atomic mass is 9.89. The fourth-order valence-corrected chi connectivity index (χ4v) is 4.70. The highest BCUT2D eigenvalue weighted by atomic mass is 16.5. The lowest BCUT2D eigenvalue weighted by Gasteiger charge is -2.31. The number of esters is 1. The molecule has 3 aromatic rings. The van der Waals surface area contributed by atoms with E-state index >= 15 is 0 Å². The number of hydrogen-bond donors (Lipinski definition) is 1. The Kier molecular flexibility index (Phi) is 6.73. The smallest absolute Gasteiger partial charge is 0.328 e. The monoisotopic (exact) mass is 446 g/mol. The summed E-state index contributed by atoms with van der Waals surface area (Å²) in [6.45, 7) is 4.34. The third-order valence-corrected chi connectivity index (χ3v) is 6.50. The molecule has 4 heterocycles. The topological polar surface area (TPSA) is 85.2 Å². The average Bonchev–Trinajstić information content (AvgIpc) is 3.53. The van der Waals surface area contributed by atoms with Gasteiger partial charge >= 0.3 is 5.97 Å². The molecule has 2 aromatic heterocycles. The first-order chi connectivity index (χ1) is 16.2. The first kappa shape index (κ1) is 21.7. The zero-order chi connectivity index (χ0) is 22.5. The van der Waals surface area contributed by atoms with Gasteiger partial charge < -0.3 is 10.1 Å². The number of likely N-dealkylation sites (tertiary alicyclic amines) is 1. The van der Waals surface area contributed by atoms with Crippen LogP contribution in [-0.2, 0) is 17.9 Å². The van der Waals surface area contributed by atoms with E-state index in [0.29, 0.717) is 18.2 Å². The lowest BCUT2D eigenvalue weighted by molar-refractivity contribution is -0.136. The van der Waals surface area contributed by atoms with Crippen molar-refractivity contribution in [2.45, 2.75) is 50.7 Å². The van der Waals surface area contributed by atoms with E-state index in [4.69, 9.17) is 4.74 Å². The zero-order valence-corrected chi connectivity index (χ0v) is 18.8. The first-order valence-electron chi connectivity index (χ1n) is 11.8. The molecule has 172 valence electrons. The van der Waals surface area contributed by atoms with Gasteiger partial charge in [0.05, 0.1) is 24.1 Å². The van der Waals surface area contributed by atoms with Crippen LogP contribution in [0.4, 0.5) is 0 Å². The number of ether oxygens (including phenoxy) is 1. The molecule has 2 saturated heterocycles. The minimum absolute atomic E-state index is 0.168. The molecule has 0 radical (unpaired) electrons. The second kappa shape index (κ2) is 10.2. The van der Waals surface area contributed by atoms with Gasteiger partial charge in [0, 0.05) is 12.7 Å². The molecule has 0 spiro atoms. The van der Waals surface area contributed by atoms with Gasteiger partial charge in [0.1, 0.15) is 11.8 Å². The predicted molar refractivity (Wildman–Crippen MR) is 124 cm³/mol. The molecule has 0 bridgehead atoms. The Morgan fingerprint density at radius 1 is 1.06 bits per heavy atom. The Balaban J connectivity index is 1.12. The Bertz CT molecular complexity index is 1060. The van der Waals surface area contributed by atoms with Gasteiger partial charge in [-0.25, -0.2) is 9.48 Å². The number of piperidine rings is 1. The molecule has 0 unspecified atom stereocenters. The second-order valence-corrected chi connectivity index (χ2v) is 8.92. The molecule has 1 aromatic carbocycles. The van der Waals surface area contributed by atoms with Crippen molar-refractivity contribution in [2.75, 3.05) is 19.6 Å². The van der Waals surface area contributed by atoms with Crippen molar-refractivity contribution in [3.05, 3.63) is 71.8 Å². The fourth-order valence-electron chi connectivity index (χ4n) is 4.70. The molecule has 0 aliphatic carbocycles. The summed E-state index contributed by atoms with van der Waals surface area (Å²) in [7, 11) is 0. The van der Waals surface area contributed by atoms with Crippen LogP contribution in [0.2, 0.25) is 0 Å². The largest absolute Gasteiger partial charge is 0.425 e. The van der Waals surface area contributed by atoms with Crippen LogP contribution in [0.15, 0.2) is 54.9 Å². The number of aromatic nitrogens is 4. The number of nitrogens with one attached hydrogen (secondary N) is 1. The molecule has 2 aliphatic heterocycles. The van der Waals surface area contributed by atoms with Crippen molar-refractivity contribution >= 4 is 5.97 Å². The summed E-state index contributed by atoms with van der Waals surface area (Å²) in [5, 5.41) is 11.8. The van der Waals surface area contributed by atoms with Crippen molar-refractivity contribution in [1.82, 2.24) is 30.2 Å². The van der Waals surface area contributed by atoms with E-state index in [1.54, 1.807) is 6.20 Å². The van der Waals surface area contributed by atoms with Crippen LogP contribution >= 0.6 is 0 Å². The molecule has 2 aliphatic rings. The average molecular weight is 447 g/mol. The van der Waals surface area contributed by atoms with Crippen molar-refractivity contribution in [3.63, 3.8) is 0 Å². The molecule has 1 atom stereocenters. The summed E-state index contributed by atoms with van der Waals surface area (Å²) in [6.07, 6.45) is 7.84. The highest BCUT2D eigenvalue weighted by molar-refractivity contribution is 5.78. The van der Waals surface area contributed by atoms with Crippen LogP contribution in [0.3, 0.4) is 0 Å². The molecule has 5 rings (SSSR count). The molecule has 1 N–H and O–H groups in total. The van der Waals surface area contributed by atoms with Crippen LogP contribution in [0.1, 0.15) is 48.6 Å². The summed E-state index contributed by atoms with van der Waals surface area (Å²) >= 11 is 0. The van der Waals surface area contributed by atoms with Crippen LogP contribution in [0.25, 0.3) is 0 Å². The van der Waals surface area contributed by atoms with Gasteiger partial charge in [-0.1, -0.05) is 23.4 Å². The molecule has 8 heteroatoms. The molecule has 8 nitrogen and oxygen atoms in total. The van der Waals surface area contributed by atoms with E-state index < -0.39 is 0 Å². The maximum atomic E-state index is 12.3. The van der Waals surface area contributed by atoms with Crippen LogP contribution < -0.4 is 10.1 Å². The number of carbonyl (C=O) groups is 1. The van der Waals surface area contributed by atoms with Crippen LogP contribution in [-0.4, -0.2) is 56.5 Å². The van der Waals surface area contributed by atoms with Crippen LogP contribution in [0.5, 0.6) is 5.75 Å². The lowest BCUT2D eigenvalue weighted by Crippen LogP contribution is -2.34. The number of hydrogen-bond acceptors (Lipinski definition) is 7. The predicted octanol–water partition coefficient (Wildman–Crippen LogP) is 2.76. The summed E-state index contributed by atoms with van der Waals surface area (Å²) in [5.41, 5.74) is 3.21. The minimum Gasteiger partial charge on any atom is -0.425 e. The third-order valence-electron chi connectivity index (χ3n) is 6.50. The maximum absolute atomic E-state index is 12.3. The molecular formula is C25H30N6O2. The Morgan fingerprint density at radius 2 is 1.97 bits per heavy atom. The minimum atomic E-state index is -0.171. The van der Waals surface area contributed by atoms with Crippen molar-refractivity contribution in [3.8, 4) is 5.75 Å². The summed E-state index contributed by atoms with van der Waals surface area (Å²) in [5.74, 6) is 0.957. The standard InChI is InChI=1S/C25H30N6O2/c32-25(24-8-4-12-27-24)33-23-7-3-5-20(15-23)19-9-13-30(14-10-19)16-22-18-31(29-28-22)17-21-6-1-2-11-26-21/h1-3,5-7,11,15,18-19,24,27H,4,8-10,12-14,16-17H2/t24-/m1/s1. The van der Waals surface area contributed by atoms with E-state index in [1.165, 1.54) is 5.56 Å². The van der Waals surface area contributed by atoms with E-state index in [0.717, 1.165) is 63.3 Å². The molecular weight excluding hydrogens is 416 g/mol. The van der Waals surface area contributed by atoms with Crippen molar-refractivity contribution in [1.29, 1.82) is 0 Å². The van der Waals surface area contributed by atoms with E-state index in [-0.39, 0.29) is 12.0 Å². The van der Waals surface area contributed by atoms with E-state index in [2.05, 4.69) is 31.6 Å². The number of pyridine rings is 1. The zero-order valence-electron chi connectivity index (χ0n) is 18.8. The van der Waals surface area contributed by atoms with Gasteiger partial charge in [0.2, 0.25) is 0 Å². The Hall–Kier alpha value is -3.10. The molecule has 33 heavy (non-hydrogen) atoms. The van der Waals surface area contributed by atoms with Gasteiger partial charge in [-0.2, -0.15) is 0 Å². The normalized spacial score (nSPS) is 19.6. The molecule has 0 amide bonds. The summed E-state index contributed by atoms with van der Waals surface area (Å²) in [6, 6.07) is 13.8. The quantitative estimate of drug-likeness (QED) is 0.441. The first-order valence-corrected chi connectivity index (χ1v) is 11.8. The third kappa shape index (κ3) is 5.64. The van der Waals surface area contributed by atoms with Crippen molar-refractivity contribution < 1.29 is 9.53 Å². The van der Waals surface area contributed by atoms with E-state index in [1.807, 2.05) is 47.3 Å². The molecule has 0 saturated carbocycles. The Labute approximate surface area is 194 Å². The van der Waals surface area contributed by atoms with Gasteiger partial charge in [0.25, 0.3) is 0 Å². The SMILES string of the molecule is O=C(Oc1cccc(C2CCN(Cc3cn(Cc4ccccn4)nn3)CC2)c1)[C@H]1CCCN1. The van der Waals surface area contributed by atoms with Gasteiger partial charge in [-0.15, -0.1) is 5.10 Å². The summed E-state index contributed by atoms with van der Waals surface area (Å²) in [4.78, 5) is 19.1. The van der Waals surface area contributed by atoms with E-state index in [9.17, 15) is 4.79 Å². The second-order valence-electron chi connectivity index (χ2n) is 8.92. The maximum Gasteiger partial charge on any atom is 0.328 e. The Morgan fingerprint density at radius 3 is 2.76 bits per heavy atom. The van der Waals surface area contributed by atoms with Gasteiger partial charge in [0.15, 0.2) is 0 Å². The highest BCUT2D eigenvalue weighted by Crippen LogP contribution is 2.30. The number of rotatable bonds is 7. The van der Waals surface area contributed by atoms with Gasteiger partial charge in [-0.05, 0) is 81.1 Å². The number of nitrogens with zero attached hydrogens (tertiary/aromatic N) is 5. The summed E-state index contributed by atoms with van der Waals surface area (Å²) < 4.78 is 7.49. The van der Waals surface area contributed by atoms with Crippen LogP contribution in [0, 0.1) is 0 Å². The fraction of sp³-hybridized carbons (Fsp3) is 0.440. The molecule has 2 fully saturated rings. The van der Waals surface area contributed by atoms with Gasteiger partial charge in [-0.3, -0.25) is 9.88 Å².